The molecule has 0 amide bonds. The molecule has 2 aromatic heterocycles. The zero-order chi connectivity index (χ0) is 15.0. The Labute approximate surface area is 124 Å². The summed E-state index contributed by atoms with van der Waals surface area (Å²) in [5, 5.41) is 4.47. The minimum atomic E-state index is 0.663. The fourth-order valence-electron chi connectivity index (χ4n) is 2.55. The smallest absolute Gasteiger partial charge is 0.142 e. The number of aromatic nitrogens is 4. The number of hydrogen-bond donors (Lipinski definition) is 1. The predicted molar refractivity (Wildman–Crippen MR) is 84.6 cm³/mol. The van der Waals surface area contributed by atoms with Crippen LogP contribution in [0.15, 0.2) is 36.5 Å². The second-order valence-electron chi connectivity index (χ2n) is 5.11. The van der Waals surface area contributed by atoms with Gasteiger partial charge in [0.25, 0.3) is 0 Å². The highest BCUT2D eigenvalue weighted by atomic mass is 15.3. The SMILES string of the molecule is CCc1nn(C)cc1-c1nc(-c2ccccc2)n(C)c1N. The van der Waals surface area contributed by atoms with Crippen molar-refractivity contribution in [3.63, 3.8) is 0 Å². The van der Waals surface area contributed by atoms with Crippen molar-refractivity contribution < 1.29 is 0 Å². The van der Waals surface area contributed by atoms with Gasteiger partial charge in [0, 0.05) is 31.4 Å². The van der Waals surface area contributed by atoms with Crippen molar-refractivity contribution in [1.82, 2.24) is 19.3 Å². The van der Waals surface area contributed by atoms with E-state index in [1.165, 1.54) is 0 Å². The van der Waals surface area contributed by atoms with E-state index in [1.54, 1.807) is 0 Å². The lowest BCUT2D eigenvalue weighted by atomic mass is 10.1. The lowest BCUT2D eigenvalue weighted by molar-refractivity contribution is 0.746. The number of aryl methyl sites for hydroxylation is 2. The van der Waals surface area contributed by atoms with Crippen molar-refractivity contribution >= 4 is 5.82 Å². The lowest BCUT2D eigenvalue weighted by Gasteiger charge is -2.02. The fraction of sp³-hybridized carbons (Fsp3) is 0.250. The number of benzene rings is 1. The van der Waals surface area contributed by atoms with Crippen molar-refractivity contribution in [3.05, 3.63) is 42.2 Å². The fourth-order valence-corrected chi connectivity index (χ4v) is 2.55. The first kappa shape index (κ1) is 13.4. The molecule has 3 aromatic rings. The van der Waals surface area contributed by atoms with E-state index in [4.69, 9.17) is 10.7 Å². The zero-order valence-electron chi connectivity index (χ0n) is 12.5. The summed E-state index contributed by atoms with van der Waals surface area (Å²) >= 11 is 0. The molecule has 0 aliphatic carbocycles. The van der Waals surface area contributed by atoms with E-state index in [2.05, 4.69) is 12.0 Å². The van der Waals surface area contributed by atoms with E-state index in [-0.39, 0.29) is 0 Å². The van der Waals surface area contributed by atoms with Gasteiger partial charge < -0.3 is 10.3 Å². The molecule has 21 heavy (non-hydrogen) atoms. The van der Waals surface area contributed by atoms with Crippen molar-refractivity contribution in [3.8, 4) is 22.6 Å². The summed E-state index contributed by atoms with van der Waals surface area (Å²) < 4.78 is 3.74. The molecule has 2 heterocycles. The van der Waals surface area contributed by atoms with Gasteiger partial charge >= 0.3 is 0 Å². The van der Waals surface area contributed by atoms with Gasteiger partial charge in [0.15, 0.2) is 0 Å². The number of hydrogen-bond acceptors (Lipinski definition) is 3. The van der Waals surface area contributed by atoms with E-state index in [1.807, 2.05) is 59.9 Å². The van der Waals surface area contributed by atoms with Crippen molar-refractivity contribution in [2.24, 2.45) is 14.1 Å². The van der Waals surface area contributed by atoms with Gasteiger partial charge in [-0.15, -0.1) is 0 Å². The largest absolute Gasteiger partial charge is 0.383 e. The standard InChI is InChI=1S/C16H19N5/c1-4-13-12(10-20(2)19-13)14-15(17)21(3)16(18-14)11-8-6-5-7-9-11/h5-10H,4,17H2,1-3H3. The molecule has 5 heteroatoms. The van der Waals surface area contributed by atoms with Gasteiger partial charge in [-0.3, -0.25) is 4.68 Å². The van der Waals surface area contributed by atoms with Crippen LogP contribution in [0.25, 0.3) is 22.6 Å². The molecule has 3 rings (SSSR count). The Morgan fingerprint density at radius 1 is 1.14 bits per heavy atom. The summed E-state index contributed by atoms with van der Waals surface area (Å²) in [7, 11) is 3.86. The quantitative estimate of drug-likeness (QED) is 0.802. The summed E-state index contributed by atoms with van der Waals surface area (Å²) in [6.07, 6.45) is 2.83. The average molecular weight is 281 g/mol. The van der Waals surface area contributed by atoms with Crippen LogP contribution < -0.4 is 5.73 Å². The normalized spacial score (nSPS) is 11.0. The van der Waals surface area contributed by atoms with E-state index in [0.29, 0.717) is 5.82 Å². The van der Waals surface area contributed by atoms with Gasteiger partial charge in [-0.1, -0.05) is 37.3 Å². The van der Waals surface area contributed by atoms with Crippen molar-refractivity contribution in [2.75, 3.05) is 5.73 Å². The summed E-state index contributed by atoms with van der Waals surface area (Å²) in [5.74, 6) is 1.53. The maximum atomic E-state index is 6.27. The Hall–Kier alpha value is -2.56. The van der Waals surface area contributed by atoms with E-state index in [9.17, 15) is 0 Å². The predicted octanol–water partition coefficient (Wildman–Crippen LogP) is 2.63. The van der Waals surface area contributed by atoms with Gasteiger partial charge in [0.1, 0.15) is 17.3 Å². The minimum Gasteiger partial charge on any atom is -0.383 e. The highest BCUT2D eigenvalue weighted by Gasteiger charge is 2.19. The summed E-state index contributed by atoms with van der Waals surface area (Å²) in [4.78, 5) is 4.76. The first-order valence-electron chi connectivity index (χ1n) is 7.02. The molecule has 0 spiro atoms. The van der Waals surface area contributed by atoms with Crippen LogP contribution in [0.4, 0.5) is 5.82 Å². The van der Waals surface area contributed by atoms with Crippen LogP contribution in [-0.4, -0.2) is 19.3 Å². The number of nitrogens with two attached hydrogens (primary N) is 1. The molecule has 0 saturated heterocycles. The van der Waals surface area contributed by atoms with E-state index in [0.717, 1.165) is 34.8 Å². The first-order chi connectivity index (χ1) is 10.1. The number of imidazole rings is 1. The molecule has 0 saturated carbocycles. The molecular weight excluding hydrogens is 262 g/mol. The molecule has 108 valence electrons. The van der Waals surface area contributed by atoms with Crippen LogP contribution >= 0.6 is 0 Å². The minimum absolute atomic E-state index is 0.663. The van der Waals surface area contributed by atoms with Crippen LogP contribution in [0.1, 0.15) is 12.6 Å². The summed E-state index contributed by atoms with van der Waals surface area (Å²) in [6, 6.07) is 10.1. The number of nitrogens with zero attached hydrogens (tertiary/aromatic N) is 4. The molecule has 0 fully saturated rings. The Morgan fingerprint density at radius 3 is 2.52 bits per heavy atom. The Morgan fingerprint density at radius 2 is 1.86 bits per heavy atom. The molecule has 5 nitrogen and oxygen atoms in total. The molecule has 0 aliphatic heterocycles. The summed E-state index contributed by atoms with van der Waals surface area (Å²) in [6.45, 7) is 2.09. The first-order valence-corrected chi connectivity index (χ1v) is 7.02. The molecule has 0 unspecified atom stereocenters. The Balaban J connectivity index is 2.17. The maximum absolute atomic E-state index is 6.27. The van der Waals surface area contributed by atoms with Gasteiger partial charge in [0.2, 0.25) is 0 Å². The molecule has 2 N–H and O–H groups in total. The highest BCUT2D eigenvalue weighted by Crippen LogP contribution is 2.31. The average Bonchev–Trinajstić information content (AvgIpc) is 3.01. The monoisotopic (exact) mass is 281 g/mol. The van der Waals surface area contributed by atoms with Crippen molar-refractivity contribution in [2.45, 2.75) is 13.3 Å². The second-order valence-corrected chi connectivity index (χ2v) is 5.11. The van der Waals surface area contributed by atoms with Gasteiger partial charge in [-0.05, 0) is 6.42 Å². The number of nitrogen functional groups attached to an aromatic ring is 1. The maximum Gasteiger partial charge on any atom is 0.142 e. The number of rotatable bonds is 3. The van der Waals surface area contributed by atoms with E-state index >= 15 is 0 Å². The lowest BCUT2D eigenvalue weighted by Crippen LogP contribution is -1.99. The molecule has 0 aliphatic rings. The number of anilines is 1. The Bertz CT molecular complexity index is 768. The highest BCUT2D eigenvalue weighted by molar-refractivity contribution is 5.76. The third-order valence-corrected chi connectivity index (χ3v) is 3.67. The van der Waals surface area contributed by atoms with Gasteiger partial charge in [0.05, 0.1) is 5.69 Å². The molecule has 0 radical (unpaired) electrons. The second kappa shape index (κ2) is 5.09. The van der Waals surface area contributed by atoms with Crippen LogP contribution in [0.5, 0.6) is 0 Å². The van der Waals surface area contributed by atoms with Crippen LogP contribution in [0.3, 0.4) is 0 Å². The summed E-state index contributed by atoms with van der Waals surface area (Å²) in [5.41, 5.74) is 10.2. The molecule has 1 aromatic carbocycles. The molecular formula is C16H19N5. The zero-order valence-corrected chi connectivity index (χ0v) is 12.5. The Kier molecular flexibility index (Phi) is 3.25. The van der Waals surface area contributed by atoms with Crippen molar-refractivity contribution in [1.29, 1.82) is 0 Å². The van der Waals surface area contributed by atoms with Crippen LogP contribution in [-0.2, 0) is 20.5 Å². The molecule has 0 atom stereocenters. The van der Waals surface area contributed by atoms with Crippen LogP contribution in [0, 0.1) is 0 Å². The van der Waals surface area contributed by atoms with E-state index < -0.39 is 0 Å². The van der Waals surface area contributed by atoms with Gasteiger partial charge in [-0.25, -0.2) is 4.98 Å². The van der Waals surface area contributed by atoms with Gasteiger partial charge in [-0.2, -0.15) is 5.10 Å². The van der Waals surface area contributed by atoms with Crippen LogP contribution in [0.2, 0.25) is 0 Å². The topological polar surface area (TPSA) is 61.7 Å². The third-order valence-electron chi connectivity index (χ3n) is 3.67. The molecule has 0 bridgehead atoms. The third kappa shape index (κ3) is 2.20.